The fourth-order valence-electron chi connectivity index (χ4n) is 3.81. The van der Waals surface area contributed by atoms with Crippen LogP contribution in [0.5, 0.6) is 0 Å². The van der Waals surface area contributed by atoms with Crippen molar-refractivity contribution in [1.29, 1.82) is 0 Å². The molecular formula is C23H25F3N6O. The Kier molecular flexibility index (Phi) is 6.75. The molecule has 3 heterocycles. The van der Waals surface area contributed by atoms with E-state index < -0.39 is 17.8 Å². The Balaban J connectivity index is 1.41. The summed E-state index contributed by atoms with van der Waals surface area (Å²) < 4.78 is 41.2. The van der Waals surface area contributed by atoms with Crippen LogP contribution in [0, 0.1) is 0 Å². The standard InChI is InChI=1S/C23H25F3N6O/c1-31-7-9-32(10-8-31)15-17-4-5-19(12-20(17)23(24,25)26)29-22(33)30-21-11-18(14-28-21)16-3-2-6-27-13-16/h2-6,11-13H,7-10,14-15H2,1H3,(H2,28,29,30,33). The molecule has 33 heavy (non-hydrogen) atoms. The number of benzene rings is 1. The number of aliphatic imine (C=N–C) groups is 1. The SMILES string of the molecule is CN1CCN(Cc2ccc(NC(=O)NC3=NCC(c4cccnc4)=C3)cc2C(F)(F)F)CC1. The molecule has 174 valence electrons. The third kappa shape index (κ3) is 5.96. The van der Waals surface area contributed by atoms with Gasteiger partial charge in [0.05, 0.1) is 12.1 Å². The lowest BCUT2D eigenvalue weighted by atomic mass is 10.0. The summed E-state index contributed by atoms with van der Waals surface area (Å²) in [5.41, 5.74) is 1.31. The molecule has 0 unspecified atom stereocenters. The number of anilines is 1. The number of hydrogen-bond acceptors (Lipinski definition) is 5. The predicted molar refractivity (Wildman–Crippen MR) is 121 cm³/mol. The number of amides is 2. The number of likely N-dealkylation sites (N-methyl/N-ethyl adjacent to an activating group) is 1. The monoisotopic (exact) mass is 458 g/mol. The van der Waals surface area contributed by atoms with Gasteiger partial charge in [-0.05, 0) is 48.0 Å². The second-order valence-corrected chi connectivity index (χ2v) is 8.14. The summed E-state index contributed by atoms with van der Waals surface area (Å²) in [5, 5.41) is 5.06. The maximum Gasteiger partial charge on any atom is 0.416 e. The molecule has 0 bridgehead atoms. The molecule has 0 aliphatic carbocycles. The Hall–Kier alpha value is -3.24. The Morgan fingerprint density at radius 1 is 1.12 bits per heavy atom. The summed E-state index contributed by atoms with van der Waals surface area (Å²) in [6.45, 7) is 3.68. The van der Waals surface area contributed by atoms with Crippen LogP contribution in [0.1, 0.15) is 16.7 Å². The molecule has 1 aromatic heterocycles. The lowest BCUT2D eigenvalue weighted by Gasteiger charge is -2.33. The van der Waals surface area contributed by atoms with E-state index >= 15 is 0 Å². The zero-order valence-corrected chi connectivity index (χ0v) is 18.2. The quantitative estimate of drug-likeness (QED) is 0.736. The van der Waals surface area contributed by atoms with Crippen LogP contribution in [0.4, 0.5) is 23.7 Å². The summed E-state index contributed by atoms with van der Waals surface area (Å²) in [7, 11) is 2.00. The number of nitrogens with zero attached hydrogens (tertiary/aromatic N) is 4. The molecule has 2 aromatic rings. The Morgan fingerprint density at radius 3 is 2.61 bits per heavy atom. The first-order valence-corrected chi connectivity index (χ1v) is 10.6. The van der Waals surface area contributed by atoms with E-state index in [4.69, 9.17) is 0 Å². The van der Waals surface area contributed by atoms with Crippen LogP contribution in [-0.4, -0.2) is 66.4 Å². The number of hydrogen-bond donors (Lipinski definition) is 2. The number of urea groups is 1. The van der Waals surface area contributed by atoms with Gasteiger partial charge in [0.2, 0.25) is 0 Å². The lowest BCUT2D eigenvalue weighted by molar-refractivity contribution is -0.138. The van der Waals surface area contributed by atoms with Crippen molar-refractivity contribution in [3.05, 3.63) is 65.5 Å². The molecule has 2 aliphatic heterocycles. The van der Waals surface area contributed by atoms with Crippen molar-refractivity contribution in [3.63, 3.8) is 0 Å². The summed E-state index contributed by atoms with van der Waals surface area (Å²) >= 11 is 0. The van der Waals surface area contributed by atoms with Gasteiger partial charge in [-0.3, -0.25) is 20.2 Å². The molecule has 7 nitrogen and oxygen atoms in total. The number of aromatic nitrogens is 1. The average molecular weight is 458 g/mol. The van der Waals surface area contributed by atoms with E-state index in [0.29, 0.717) is 25.5 Å². The van der Waals surface area contributed by atoms with E-state index in [0.717, 1.165) is 30.3 Å². The minimum atomic E-state index is -4.52. The summed E-state index contributed by atoms with van der Waals surface area (Å²) in [4.78, 5) is 24.8. The van der Waals surface area contributed by atoms with Crippen molar-refractivity contribution in [1.82, 2.24) is 20.1 Å². The smallest absolute Gasteiger partial charge is 0.308 e. The van der Waals surface area contributed by atoms with E-state index in [1.165, 1.54) is 12.1 Å². The summed E-state index contributed by atoms with van der Waals surface area (Å²) in [6, 6.07) is 6.95. The van der Waals surface area contributed by atoms with Crippen molar-refractivity contribution >= 4 is 23.1 Å². The molecule has 0 spiro atoms. The number of carbonyl (C=O) groups excluding carboxylic acids is 1. The fraction of sp³-hybridized carbons (Fsp3) is 0.348. The molecular weight excluding hydrogens is 433 g/mol. The van der Waals surface area contributed by atoms with Crippen LogP contribution in [0.2, 0.25) is 0 Å². The highest BCUT2D eigenvalue weighted by Crippen LogP contribution is 2.34. The molecule has 10 heteroatoms. The number of alkyl halides is 3. The molecule has 1 aromatic carbocycles. The van der Waals surface area contributed by atoms with Crippen LogP contribution < -0.4 is 10.6 Å². The minimum absolute atomic E-state index is 0.0667. The van der Waals surface area contributed by atoms with Gasteiger partial charge in [0.25, 0.3) is 0 Å². The zero-order chi connectivity index (χ0) is 23.4. The number of piperazine rings is 1. The van der Waals surface area contributed by atoms with Gasteiger partial charge in [-0.15, -0.1) is 0 Å². The van der Waals surface area contributed by atoms with Crippen LogP contribution in [-0.2, 0) is 12.7 Å². The van der Waals surface area contributed by atoms with E-state index in [9.17, 15) is 18.0 Å². The van der Waals surface area contributed by atoms with Gasteiger partial charge in [-0.2, -0.15) is 13.2 Å². The van der Waals surface area contributed by atoms with Gasteiger partial charge < -0.3 is 10.2 Å². The predicted octanol–water partition coefficient (Wildman–Crippen LogP) is 3.47. The number of halogens is 3. The Morgan fingerprint density at radius 2 is 1.91 bits per heavy atom. The van der Waals surface area contributed by atoms with Gasteiger partial charge >= 0.3 is 12.2 Å². The molecule has 1 fully saturated rings. The third-order valence-corrected chi connectivity index (χ3v) is 5.67. The van der Waals surface area contributed by atoms with Gasteiger partial charge in [-0.25, -0.2) is 4.79 Å². The Bertz CT molecular complexity index is 1060. The van der Waals surface area contributed by atoms with Gasteiger partial charge in [0.1, 0.15) is 5.84 Å². The number of pyridine rings is 1. The number of carbonyl (C=O) groups is 1. The van der Waals surface area contributed by atoms with Gasteiger partial charge in [0.15, 0.2) is 0 Å². The Labute approximate surface area is 190 Å². The molecule has 0 atom stereocenters. The minimum Gasteiger partial charge on any atom is -0.308 e. The topological polar surface area (TPSA) is 72.9 Å². The second-order valence-electron chi connectivity index (χ2n) is 8.14. The molecule has 0 saturated carbocycles. The highest BCUT2D eigenvalue weighted by molar-refractivity contribution is 6.12. The van der Waals surface area contributed by atoms with Gasteiger partial charge in [-0.1, -0.05) is 12.1 Å². The maximum absolute atomic E-state index is 13.7. The molecule has 1 saturated heterocycles. The zero-order valence-electron chi connectivity index (χ0n) is 18.2. The lowest BCUT2D eigenvalue weighted by Crippen LogP contribution is -2.44. The first kappa shape index (κ1) is 22.9. The first-order valence-electron chi connectivity index (χ1n) is 10.6. The molecule has 2 aliphatic rings. The molecule has 2 amide bonds. The number of amidine groups is 1. The van der Waals surface area contributed by atoms with Crippen LogP contribution in [0.25, 0.3) is 5.57 Å². The number of nitrogens with one attached hydrogen (secondary N) is 2. The van der Waals surface area contributed by atoms with Gasteiger partial charge in [0, 0.05) is 50.8 Å². The highest BCUT2D eigenvalue weighted by Gasteiger charge is 2.34. The highest BCUT2D eigenvalue weighted by atomic mass is 19.4. The van der Waals surface area contributed by atoms with Crippen LogP contribution in [0.15, 0.2) is 53.8 Å². The maximum atomic E-state index is 13.7. The van der Waals surface area contributed by atoms with E-state index in [-0.39, 0.29) is 17.8 Å². The summed E-state index contributed by atoms with van der Waals surface area (Å²) in [6.07, 6.45) is 0.564. The van der Waals surface area contributed by atoms with Crippen molar-refractivity contribution in [2.24, 2.45) is 4.99 Å². The average Bonchev–Trinajstić information content (AvgIpc) is 3.24. The van der Waals surface area contributed by atoms with Crippen LogP contribution >= 0.6 is 0 Å². The fourth-order valence-corrected chi connectivity index (χ4v) is 3.81. The van der Waals surface area contributed by atoms with E-state index in [1.54, 1.807) is 24.5 Å². The molecule has 4 rings (SSSR count). The summed E-state index contributed by atoms with van der Waals surface area (Å²) in [5.74, 6) is 0.342. The van der Waals surface area contributed by atoms with Crippen molar-refractivity contribution in [2.75, 3.05) is 45.1 Å². The normalized spacial score (nSPS) is 17.5. The van der Waals surface area contributed by atoms with Crippen LogP contribution in [0.3, 0.4) is 0 Å². The third-order valence-electron chi connectivity index (χ3n) is 5.67. The van der Waals surface area contributed by atoms with Crippen molar-refractivity contribution < 1.29 is 18.0 Å². The number of rotatable bonds is 4. The van der Waals surface area contributed by atoms with Crippen molar-refractivity contribution in [3.8, 4) is 0 Å². The van der Waals surface area contributed by atoms with E-state index in [1.807, 2.05) is 18.0 Å². The molecule has 2 N–H and O–H groups in total. The molecule has 0 radical (unpaired) electrons. The second kappa shape index (κ2) is 9.72. The first-order chi connectivity index (χ1) is 15.8. The largest absolute Gasteiger partial charge is 0.416 e. The van der Waals surface area contributed by atoms with Crippen molar-refractivity contribution in [2.45, 2.75) is 12.7 Å². The van der Waals surface area contributed by atoms with E-state index in [2.05, 4.69) is 25.5 Å².